The van der Waals surface area contributed by atoms with Crippen molar-refractivity contribution in [2.24, 2.45) is 5.73 Å². The summed E-state index contributed by atoms with van der Waals surface area (Å²) >= 11 is 1.54. The molecular formula is C12H19N3OS. The summed E-state index contributed by atoms with van der Waals surface area (Å²) < 4.78 is 0. The van der Waals surface area contributed by atoms with Crippen LogP contribution in [0.2, 0.25) is 0 Å². The Bertz CT molecular complexity index is 383. The molecule has 94 valence electrons. The third kappa shape index (κ3) is 2.86. The molecule has 1 aromatic heterocycles. The van der Waals surface area contributed by atoms with Gasteiger partial charge in [-0.05, 0) is 23.9 Å². The van der Waals surface area contributed by atoms with E-state index in [0.29, 0.717) is 6.54 Å². The van der Waals surface area contributed by atoms with Crippen molar-refractivity contribution >= 4 is 17.2 Å². The number of carbonyl (C=O) groups is 1. The van der Waals surface area contributed by atoms with E-state index in [4.69, 9.17) is 5.73 Å². The van der Waals surface area contributed by atoms with Crippen LogP contribution in [0.1, 0.15) is 15.2 Å². The first-order valence-corrected chi connectivity index (χ1v) is 6.86. The summed E-state index contributed by atoms with van der Waals surface area (Å²) in [6.07, 6.45) is 0. The van der Waals surface area contributed by atoms with Crippen LogP contribution in [-0.4, -0.2) is 55.0 Å². The standard InChI is InChI=1S/C12H19N3OS/c1-10-2-9-17-11(10)12(16)15-7-5-14(4-3-13)6-8-15/h2,9H,3-8,13H2,1H3. The fraction of sp³-hybridized carbons (Fsp3) is 0.583. The molecule has 0 unspecified atom stereocenters. The molecule has 0 aliphatic carbocycles. The highest BCUT2D eigenvalue weighted by atomic mass is 32.1. The van der Waals surface area contributed by atoms with Crippen molar-refractivity contribution in [1.82, 2.24) is 9.80 Å². The molecule has 1 saturated heterocycles. The highest BCUT2D eigenvalue weighted by Gasteiger charge is 2.23. The van der Waals surface area contributed by atoms with Gasteiger partial charge in [0.2, 0.25) is 0 Å². The van der Waals surface area contributed by atoms with Crippen LogP contribution in [0.5, 0.6) is 0 Å². The SMILES string of the molecule is Cc1ccsc1C(=O)N1CCN(CCN)CC1. The van der Waals surface area contributed by atoms with Crippen molar-refractivity contribution in [3.05, 3.63) is 21.9 Å². The Labute approximate surface area is 106 Å². The Morgan fingerprint density at radius 1 is 1.41 bits per heavy atom. The first kappa shape index (κ1) is 12.5. The minimum atomic E-state index is 0.185. The van der Waals surface area contributed by atoms with Gasteiger partial charge in [0.1, 0.15) is 0 Å². The van der Waals surface area contributed by atoms with Crippen molar-refractivity contribution in [3.8, 4) is 0 Å². The Morgan fingerprint density at radius 3 is 2.65 bits per heavy atom. The van der Waals surface area contributed by atoms with E-state index in [2.05, 4.69) is 4.90 Å². The lowest BCUT2D eigenvalue weighted by Crippen LogP contribution is -2.49. The predicted molar refractivity (Wildman–Crippen MR) is 70.5 cm³/mol. The molecular weight excluding hydrogens is 234 g/mol. The Kier molecular flexibility index (Phi) is 4.15. The Hall–Kier alpha value is -0.910. The third-order valence-corrected chi connectivity index (χ3v) is 4.17. The number of carbonyl (C=O) groups excluding carboxylic acids is 1. The molecule has 0 atom stereocenters. The van der Waals surface area contributed by atoms with Gasteiger partial charge < -0.3 is 10.6 Å². The molecule has 17 heavy (non-hydrogen) atoms. The molecule has 0 aromatic carbocycles. The molecule has 0 bridgehead atoms. The fourth-order valence-electron chi connectivity index (χ4n) is 2.09. The molecule has 1 amide bonds. The van der Waals surface area contributed by atoms with Crippen molar-refractivity contribution in [3.63, 3.8) is 0 Å². The van der Waals surface area contributed by atoms with Crippen LogP contribution in [0.4, 0.5) is 0 Å². The van der Waals surface area contributed by atoms with Gasteiger partial charge in [-0.1, -0.05) is 0 Å². The summed E-state index contributed by atoms with van der Waals surface area (Å²) in [6, 6.07) is 2.00. The lowest BCUT2D eigenvalue weighted by atomic mass is 10.2. The monoisotopic (exact) mass is 253 g/mol. The number of hydrogen-bond donors (Lipinski definition) is 1. The molecule has 5 heteroatoms. The Balaban J connectivity index is 1.93. The van der Waals surface area contributed by atoms with E-state index in [1.165, 1.54) is 11.3 Å². The van der Waals surface area contributed by atoms with E-state index in [1.807, 2.05) is 23.3 Å². The average Bonchev–Trinajstić information content (AvgIpc) is 2.76. The first-order valence-electron chi connectivity index (χ1n) is 5.98. The summed E-state index contributed by atoms with van der Waals surface area (Å²) in [4.78, 5) is 17.4. The molecule has 0 spiro atoms. The van der Waals surface area contributed by atoms with Crippen LogP contribution in [0.15, 0.2) is 11.4 Å². The molecule has 2 rings (SSSR count). The second kappa shape index (κ2) is 5.62. The number of nitrogens with two attached hydrogens (primary N) is 1. The maximum atomic E-state index is 12.2. The van der Waals surface area contributed by atoms with Gasteiger partial charge in [-0.25, -0.2) is 0 Å². The van der Waals surface area contributed by atoms with E-state index >= 15 is 0 Å². The lowest BCUT2D eigenvalue weighted by molar-refractivity contribution is 0.0645. The largest absolute Gasteiger partial charge is 0.335 e. The van der Waals surface area contributed by atoms with Gasteiger partial charge in [0, 0.05) is 39.3 Å². The smallest absolute Gasteiger partial charge is 0.264 e. The fourth-order valence-corrected chi connectivity index (χ4v) is 2.98. The minimum Gasteiger partial charge on any atom is -0.335 e. The number of thiophene rings is 1. The van der Waals surface area contributed by atoms with E-state index in [9.17, 15) is 4.79 Å². The van der Waals surface area contributed by atoms with Gasteiger partial charge in [0.25, 0.3) is 5.91 Å². The number of aryl methyl sites for hydroxylation is 1. The van der Waals surface area contributed by atoms with E-state index in [-0.39, 0.29) is 5.91 Å². The zero-order valence-electron chi connectivity index (χ0n) is 10.2. The van der Waals surface area contributed by atoms with Crippen LogP contribution >= 0.6 is 11.3 Å². The summed E-state index contributed by atoms with van der Waals surface area (Å²) in [5.74, 6) is 0.185. The van der Waals surface area contributed by atoms with Crippen LogP contribution in [-0.2, 0) is 0 Å². The van der Waals surface area contributed by atoms with Crippen molar-refractivity contribution in [2.75, 3.05) is 39.3 Å². The van der Waals surface area contributed by atoms with Gasteiger partial charge in [-0.2, -0.15) is 0 Å². The molecule has 4 nitrogen and oxygen atoms in total. The second-order valence-electron chi connectivity index (χ2n) is 4.36. The molecule has 0 radical (unpaired) electrons. The molecule has 0 saturated carbocycles. The summed E-state index contributed by atoms with van der Waals surface area (Å²) in [6.45, 7) is 7.12. The van der Waals surface area contributed by atoms with Gasteiger partial charge in [-0.3, -0.25) is 9.69 Å². The van der Waals surface area contributed by atoms with Crippen LogP contribution in [0, 0.1) is 6.92 Å². The summed E-state index contributed by atoms with van der Waals surface area (Å²) in [7, 11) is 0. The number of rotatable bonds is 3. The predicted octanol–water partition coefficient (Wildman–Crippen LogP) is 0.773. The van der Waals surface area contributed by atoms with E-state index in [0.717, 1.165) is 43.2 Å². The second-order valence-corrected chi connectivity index (χ2v) is 5.27. The highest BCUT2D eigenvalue weighted by Crippen LogP contribution is 2.18. The highest BCUT2D eigenvalue weighted by molar-refractivity contribution is 7.12. The maximum Gasteiger partial charge on any atom is 0.264 e. The van der Waals surface area contributed by atoms with E-state index < -0.39 is 0 Å². The van der Waals surface area contributed by atoms with Gasteiger partial charge in [-0.15, -0.1) is 11.3 Å². The lowest BCUT2D eigenvalue weighted by Gasteiger charge is -2.34. The van der Waals surface area contributed by atoms with Crippen LogP contribution < -0.4 is 5.73 Å². The number of nitrogens with zero attached hydrogens (tertiary/aromatic N) is 2. The molecule has 1 aliphatic rings. The number of piperazine rings is 1. The van der Waals surface area contributed by atoms with Gasteiger partial charge in [0.05, 0.1) is 4.88 Å². The Morgan fingerprint density at radius 2 is 2.12 bits per heavy atom. The molecule has 1 fully saturated rings. The number of amides is 1. The van der Waals surface area contributed by atoms with Crippen molar-refractivity contribution < 1.29 is 4.79 Å². The normalized spacial score (nSPS) is 17.4. The van der Waals surface area contributed by atoms with Crippen LogP contribution in [0.3, 0.4) is 0 Å². The zero-order valence-corrected chi connectivity index (χ0v) is 11.0. The quantitative estimate of drug-likeness (QED) is 0.866. The number of hydrogen-bond acceptors (Lipinski definition) is 4. The molecule has 1 aliphatic heterocycles. The average molecular weight is 253 g/mol. The summed E-state index contributed by atoms with van der Waals surface area (Å²) in [5.41, 5.74) is 6.62. The van der Waals surface area contributed by atoms with Crippen molar-refractivity contribution in [2.45, 2.75) is 6.92 Å². The minimum absolute atomic E-state index is 0.185. The third-order valence-electron chi connectivity index (χ3n) is 3.16. The zero-order chi connectivity index (χ0) is 12.3. The van der Waals surface area contributed by atoms with Gasteiger partial charge in [0.15, 0.2) is 0 Å². The van der Waals surface area contributed by atoms with Gasteiger partial charge >= 0.3 is 0 Å². The van der Waals surface area contributed by atoms with E-state index in [1.54, 1.807) is 0 Å². The first-order chi connectivity index (χ1) is 8.22. The molecule has 2 N–H and O–H groups in total. The summed E-state index contributed by atoms with van der Waals surface area (Å²) in [5, 5.41) is 1.98. The maximum absolute atomic E-state index is 12.2. The molecule has 2 heterocycles. The van der Waals surface area contributed by atoms with Crippen LogP contribution in [0.25, 0.3) is 0 Å². The van der Waals surface area contributed by atoms with Crippen molar-refractivity contribution in [1.29, 1.82) is 0 Å². The molecule has 1 aromatic rings. The topological polar surface area (TPSA) is 49.6 Å².